The van der Waals surface area contributed by atoms with Crippen LogP contribution in [-0.2, 0) is 22.6 Å². The number of benzene rings is 1. The average molecular weight is 463 g/mol. The van der Waals surface area contributed by atoms with Crippen LogP contribution in [0.15, 0.2) is 29.3 Å². The number of halogens is 1. The molecule has 144 valence electrons. The largest absolute Gasteiger partial charge is 0.382 e. The van der Waals surface area contributed by atoms with Gasteiger partial charge in [-0.2, -0.15) is 0 Å². The summed E-state index contributed by atoms with van der Waals surface area (Å²) in [4.78, 5) is 4.63. The van der Waals surface area contributed by atoms with Crippen molar-refractivity contribution < 1.29 is 9.47 Å². The summed E-state index contributed by atoms with van der Waals surface area (Å²) in [5.41, 5.74) is 2.38. The zero-order valence-corrected chi connectivity index (χ0v) is 18.3. The van der Waals surface area contributed by atoms with E-state index < -0.39 is 0 Å². The van der Waals surface area contributed by atoms with Crippen molar-refractivity contribution in [3.05, 3.63) is 35.4 Å². The number of aliphatic imine (C=N–C) groups is 1. The summed E-state index contributed by atoms with van der Waals surface area (Å²) in [6.07, 6.45) is 1.23. The van der Waals surface area contributed by atoms with E-state index >= 15 is 0 Å². The minimum absolute atomic E-state index is 0. The van der Waals surface area contributed by atoms with Crippen LogP contribution in [0.3, 0.4) is 0 Å². The number of nitrogens with zero attached hydrogens (tertiary/aromatic N) is 1. The van der Waals surface area contributed by atoms with Gasteiger partial charge in [-0.25, -0.2) is 4.99 Å². The third-order valence-corrected chi connectivity index (χ3v) is 3.33. The fraction of sp³-hybridized carbons (Fsp3) is 0.632. The number of rotatable bonds is 11. The van der Waals surface area contributed by atoms with Gasteiger partial charge in [-0.15, -0.1) is 24.0 Å². The van der Waals surface area contributed by atoms with Gasteiger partial charge in [-0.3, -0.25) is 0 Å². The number of ether oxygens (including phenoxy) is 2. The molecule has 0 bridgehead atoms. The first-order valence-corrected chi connectivity index (χ1v) is 8.95. The Balaban J connectivity index is 0.00000576. The minimum Gasteiger partial charge on any atom is -0.382 e. The molecule has 0 fully saturated rings. The quantitative estimate of drug-likeness (QED) is 0.227. The summed E-state index contributed by atoms with van der Waals surface area (Å²) in [6.45, 7) is 12.8. The molecule has 0 aliphatic heterocycles. The zero-order valence-electron chi connectivity index (χ0n) is 16.0. The number of hydrogen-bond donors (Lipinski definition) is 2. The van der Waals surface area contributed by atoms with E-state index in [-0.39, 0.29) is 30.1 Å². The van der Waals surface area contributed by atoms with Crippen LogP contribution in [0.25, 0.3) is 0 Å². The molecule has 0 aliphatic carbocycles. The van der Waals surface area contributed by atoms with Gasteiger partial charge < -0.3 is 20.1 Å². The molecule has 25 heavy (non-hydrogen) atoms. The smallest absolute Gasteiger partial charge is 0.191 e. The van der Waals surface area contributed by atoms with Crippen molar-refractivity contribution in [2.45, 2.75) is 53.4 Å². The van der Waals surface area contributed by atoms with Gasteiger partial charge in [0.15, 0.2) is 5.96 Å². The van der Waals surface area contributed by atoms with E-state index in [1.165, 1.54) is 11.1 Å². The van der Waals surface area contributed by atoms with E-state index in [1.807, 2.05) is 20.8 Å². The average Bonchev–Trinajstić information content (AvgIpc) is 2.58. The summed E-state index contributed by atoms with van der Waals surface area (Å²) in [5.74, 6) is 0.848. The van der Waals surface area contributed by atoms with Crippen LogP contribution in [0, 0.1) is 0 Å². The lowest BCUT2D eigenvalue weighted by Crippen LogP contribution is -2.38. The first kappa shape index (κ1) is 24.1. The van der Waals surface area contributed by atoms with Crippen LogP contribution in [0.1, 0.15) is 45.2 Å². The molecule has 0 unspecified atom stereocenters. The third-order valence-electron chi connectivity index (χ3n) is 3.33. The predicted molar refractivity (Wildman–Crippen MR) is 116 cm³/mol. The van der Waals surface area contributed by atoms with E-state index in [0.29, 0.717) is 13.2 Å². The zero-order chi connectivity index (χ0) is 17.6. The molecule has 0 atom stereocenters. The summed E-state index contributed by atoms with van der Waals surface area (Å²) in [5, 5.41) is 6.60. The van der Waals surface area contributed by atoms with Crippen molar-refractivity contribution >= 4 is 29.9 Å². The summed E-state index contributed by atoms with van der Waals surface area (Å²) in [7, 11) is 0. The van der Waals surface area contributed by atoms with Gasteiger partial charge in [0.2, 0.25) is 0 Å². The van der Waals surface area contributed by atoms with Gasteiger partial charge in [0, 0.05) is 26.3 Å². The molecule has 0 saturated heterocycles. The van der Waals surface area contributed by atoms with Crippen LogP contribution in [0.4, 0.5) is 0 Å². The fourth-order valence-corrected chi connectivity index (χ4v) is 2.04. The highest BCUT2D eigenvalue weighted by Gasteiger charge is 1.99. The van der Waals surface area contributed by atoms with Gasteiger partial charge in [0.1, 0.15) is 0 Å². The van der Waals surface area contributed by atoms with Crippen LogP contribution in [0.5, 0.6) is 0 Å². The monoisotopic (exact) mass is 463 g/mol. The maximum Gasteiger partial charge on any atom is 0.191 e. The van der Waals surface area contributed by atoms with Crippen LogP contribution in [0.2, 0.25) is 0 Å². The second kappa shape index (κ2) is 15.4. The first-order valence-electron chi connectivity index (χ1n) is 8.95. The highest BCUT2D eigenvalue weighted by Crippen LogP contribution is 2.08. The molecular formula is C19H34IN3O2. The molecule has 0 aliphatic rings. The Morgan fingerprint density at radius 2 is 1.76 bits per heavy atom. The Morgan fingerprint density at radius 3 is 2.36 bits per heavy atom. The Bertz CT molecular complexity index is 464. The Kier molecular flexibility index (Phi) is 14.9. The molecule has 0 spiro atoms. The molecule has 0 amide bonds. The molecule has 6 heteroatoms. The lowest BCUT2D eigenvalue weighted by atomic mass is 10.1. The minimum atomic E-state index is 0. The van der Waals surface area contributed by atoms with Gasteiger partial charge in [0.25, 0.3) is 0 Å². The molecule has 0 radical (unpaired) electrons. The standard InChI is InChI=1S/C19H33N3O2.HI/c1-5-20-19(21-12-7-13-23-6-2)22-14-17-8-10-18(11-9-17)15-24-16(3)4;/h8-11,16H,5-7,12-15H2,1-4H3,(H2,20,21,22);1H. The Labute approximate surface area is 170 Å². The molecule has 1 aromatic rings. The summed E-state index contributed by atoms with van der Waals surface area (Å²) in [6, 6.07) is 8.44. The third kappa shape index (κ3) is 12.2. The SMILES string of the molecule is CCNC(=NCc1ccc(COC(C)C)cc1)NCCCOCC.I. The fourth-order valence-electron chi connectivity index (χ4n) is 2.04. The maximum absolute atomic E-state index is 5.61. The van der Waals surface area contributed by atoms with E-state index in [4.69, 9.17) is 9.47 Å². The van der Waals surface area contributed by atoms with Gasteiger partial charge in [-0.05, 0) is 45.2 Å². The number of nitrogens with one attached hydrogen (secondary N) is 2. The van der Waals surface area contributed by atoms with Crippen LogP contribution < -0.4 is 10.6 Å². The maximum atomic E-state index is 5.61. The highest BCUT2D eigenvalue weighted by molar-refractivity contribution is 14.0. The van der Waals surface area contributed by atoms with Gasteiger partial charge in [-0.1, -0.05) is 24.3 Å². The van der Waals surface area contributed by atoms with Crippen molar-refractivity contribution in [1.29, 1.82) is 0 Å². The lowest BCUT2D eigenvalue weighted by molar-refractivity contribution is 0.0657. The van der Waals surface area contributed by atoms with E-state index in [2.05, 4.69) is 46.8 Å². The van der Waals surface area contributed by atoms with Crippen molar-refractivity contribution in [1.82, 2.24) is 10.6 Å². The topological polar surface area (TPSA) is 54.9 Å². The van der Waals surface area contributed by atoms with E-state index in [0.717, 1.165) is 38.7 Å². The van der Waals surface area contributed by atoms with Gasteiger partial charge >= 0.3 is 0 Å². The molecule has 0 aromatic heterocycles. The predicted octanol–water partition coefficient (Wildman–Crippen LogP) is 3.71. The highest BCUT2D eigenvalue weighted by atomic mass is 127. The van der Waals surface area contributed by atoms with Crippen molar-refractivity contribution in [3.8, 4) is 0 Å². The second-order valence-corrected chi connectivity index (χ2v) is 5.85. The van der Waals surface area contributed by atoms with Gasteiger partial charge in [0.05, 0.1) is 19.3 Å². The molecule has 5 nitrogen and oxygen atoms in total. The van der Waals surface area contributed by atoms with Crippen LogP contribution >= 0.6 is 24.0 Å². The van der Waals surface area contributed by atoms with Crippen molar-refractivity contribution in [2.75, 3.05) is 26.3 Å². The first-order chi connectivity index (χ1) is 11.7. The summed E-state index contributed by atoms with van der Waals surface area (Å²) < 4.78 is 11.0. The molecule has 1 aromatic carbocycles. The second-order valence-electron chi connectivity index (χ2n) is 5.85. The molecule has 0 saturated carbocycles. The van der Waals surface area contributed by atoms with E-state index in [1.54, 1.807) is 0 Å². The summed E-state index contributed by atoms with van der Waals surface area (Å²) >= 11 is 0. The normalized spacial score (nSPS) is 11.3. The van der Waals surface area contributed by atoms with E-state index in [9.17, 15) is 0 Å². The van der Waals surface area contributed by atoms with Crippen molar-refractivity contribution in [3.63, 3.8) is 0 Å². The molecule has 0 heterocycles. The molecular weight excluding hydrogens is 429 g/mol. The molecule has 1 rings (SSSR count). The molecule has 2 N–H and O–H groups in total. The number of guanidine groups is 1. The van der Waals surface area contributed by atoms with Crippen LogP contribution in [-0.4, -0.2) is 38.4 Å². The Hall–Kier alpha value is -0.860. The number of hydrogen-bond acceptors (Lipinski definition) is 3. The van der Waals surface area contributed by atoms with Crippen molar-refractivity contribution in [2.24, 2.45) is 4.99 Å². The lowest BCUT2D eigenvalue weighted by Gasteiger charge is -2.11. The Morgan fingerprint density at radius 1 is 1.08 bits per heavy atom.